The second kappa shape index (κ2) is 3.27. The van der Waals surface area contributed by atoms with Gasteiger partial charge in [-0.1, -0.05) is 6.58 Å². The van der Waals surface area contributed by atoms with E-state index in [1.807, 2.05) is 0 Å². The van der Waals surface area contributed by atoms with E-state index in [1.165, 1.54) is 4.90 Å². The zero-order valence-corrected chi connectivity index (χ0v) is 6.29. The van der Waals surface area contributed by atoms with E-state index in [0.29, 0.717) is 13.1 Å². The van der Waals surface area contributed by atoms with Gasteiger partial charge in [0.15, 0.2) is 0 Å². The fourth-order valence-corrected chi connectivity index (χ4v) is 1.24. The average molecular weight is 156 g/mol. The molecule has 0 saturated carbocycles. The third-order valence-electron chi connectivity index (χ3n) is 1.81. The van der Waals surface area contributed by atoms with Gasteiger partial charge in [0, 0.05) is 19.1 Å². The summed E-state index contributed by atoms with van der Waals surface area (Å²) in [6.45, 7) is 4.71. The molecule has 4 heteroatoms. The minimum Gasteiger partial charge on any atom is -0.465 e. The number of hydrogen-bond donors (Lipinski definition) is 2. The Labute approximate surface area is 65.5 Å². The van der Waals surface area contributed by atoms with Crippen LogP contribution in [0.3, 0.4) is 0 Å². The van der Waals surface area contributed by atoms with E-state index >= 15 is 0 Å². The summed E-state index contributed by atoms with van der Waals surface area (Å²) in [5.74, 6) is 0. The summed E-state index contributed by atoms with van der Waals surface area (Å²) in [5.41, 5.74) is 0. The van der Waals surface area contributed by atoms with Crippen molar-refractivity contribution < 1.29 is 9.90 Å². The minimum absolute atomic E-state index is 0.253. The van der Waals surface area contributed by atoms with Crippen molar-refractivity contribution in [3.63, 3.8) is 0 Å². The van der Waals surface area contributed by atoms with Crippen LogP contribution in [0.4, 0.5) is 4.79 Å². The zero-order valence-electron chi connectivity index (χ0n) is 6.29. The molecule has 4 nitrogen and oxygen atoms in total. The molecule has 0 spiro atoms. The number of carboxylic acid groups (broad SMARTS) is 1. The summed E-state index contributed by atoms with van der Waals surface area (Å²) in [7, 11) is 0. The van der Waals surface area contributed by atoms with Crippen LogP contribution in [0.25, 0.3) is 0 Å². The number of rotatable bonds is 2. The van der Waals surface area contributed by atoms with Crippen LogP contribution >= 0.6 is 0 Å². The minimum atomic E-state index is -0.835. The third-order valence-corrected chi connectivity index (χ3v) is 1.81. The molecule has 0 aromatic heterocycles. The van der Waals surface area contributed by atoms with Gasteiger partial charge in [0.05, 0.1) is 0 Å². The Hall–Kier alpha value is -1.19. The van der Waals surface area contributed by atoms with Gasteiger partial charge in [0.25, 0.3) is 0 Å². The molecule has 0 bridgehead atoms. The van der Waals surface area contributed by atoms with E-state index in [0.717, 1.165) is 6.42 Å². The Balaban J connectivity index is 2.34. The Morgan fingerprint density at radius 2 is 2.55 bits per heavy atom. The van der Waals surface area contributed by atoms with Crippen molar-refractivity contribution in [2.45, 2.75) is 12.5 Å². The normalized spacial score (nSPS) is 23.3. The predicted molar refractivity (Wildman–Crippen MR) is 41.3 cm³/mol. The van der Waals surface area contributed by atoms with Crippen LogP contribution in [-0.4, -0.2) is 35.2 Å². The fourth-order valence-electron chi connectivity index (χ4n) is 1.24. The lowest BCUT2D eigenvalue weighted by atomic mass is 10.3. The molecular weight excluding hydrogens is 144 g/mol. The lowest BCUT2D eigenvalue weighted by Crippen LogP contribution is -2.31. The smallest absolute Gasteiger partial charge is 0.407 e. The van der Waals surface area contributed by atoms with Crippen molar-refractivity contribution in [3.05, 3.63) is 12.8 Å². The molecule has 11 heavy (non-hydrogen) atoms. The van der Waals surface area contributed by atoms with Gasteiger partial charge < -0.3 is 15.3 Å². The van der Waals surface area contributed by atoms with Crippen LogP contribution in [0.15, 0.2) is 12.8 Å². The molecule has 1 aliphatic heterocycles. The molecule has 1 saturated heterocycles. The summed E-state index contributed by atoms with van der Waals surface area (Å²) >= 11 is 0. The molecule has 1 rings (SSSR count). The molecule has 1 atom stereocenters. The monoisotopic (exact) mass is 156 g/mol. The Morgan fingerprint density at radius 1 is 1.82 bits per heavy atom. The SMILES string of the molecule is C=CNC1CCN(C(=O)O)C1. The van der Waals surface area contributed by atoms with E-state index in [-0.39, 0.29) is 6.04 Å². The standard InChI is InChI=1S/C7H12N2O2/c1-2-8-6-3-4-9(5-6)7(10)11/h2,6,8H,1,3-5H2,(H,10,11). The van der Waals surface area contributed by atoms with Crippen molar-refractivity contribution in [1.29, 1.82) is 0 Å². The number of nitrogens with one attached hydrogen (secondary N) is 1. The van der Waals surface area contributed by atoms with E-state index in [1.54, 1.807) is 6.20 Å². The molecule has 1 aliphatic rings. The van der Waals surface area contributed by atoms with E-state index < -0.39 is 6.09 Å². The number of nitrogens with zero attached hydrogens (tertiary/aromatic N) is 1. The summed E-state index contributed by atoms with van der Waals surface area (Å²) in [6, 6.07) is 0.253. The molecule has 1 heterocycles. The second-order valence-electron chi connectivity index (χ2n) is 2.58. The first kappa shape index (κ1) is 7.91. The van der Waals surface area contributed by atoms with Gasteiger partial charge in [-0.25, -0.2) is 4.79 Å². The molecule has 1 fully saturated rings. The topological polar surface area (TPSA) is 52.6 Å². The maximum Gasteiger partial charge on any atom is 0.407 e. The van der Waals surface area contributed by atoms with Crippen molar-refractivity contribution in [2.75, 3.05) is 13.1 Å². The molecule has 1 unspecified atom stereocenters. The van der Waals surface area contributed by atoms with E-state index in [4.69, 9.17) is 5.11 Å². The first-order valence-corrected chi connectivity index (χ1v) is 3.59. The van der Waals surface area contributed by atoms with E-state index in [2.05, 4.69) is 11.9 Å². The van der Waals surface area contributed by atoms with Crippen molar-refractivity contribution in [1.82, 2.24) is 10.2 Å². The molecular formula is C7H12N2O2. The number of hydrogen-bond acceptors (Lipinski definition) is 2. The molecule has 0 radical (unpaired) electrons. The van der Waals surface area contributed by atoms with Crippen LogP contribution < -0.4 is 5.32 Å². The summed E-state index contributed by atoms with van der Waals surface area (Å²) in [4.78, 5) is 11.8. The van der Waals surface area contributed by atoms with Crippen LogP contribution in [0, 0.1) is 0 Å². The number of amides is 1. The zero-order chi connectivity index (χ0) is 8.27. The maximum absolute atomic E-state index is 10.4. The molecule has 1 amide bonds. The average Bonchev–Trinajstić information content (AvgIpc) is 2.37. The van der Waals surface area contributed by atoms with Gasteiger partial charge in [0.2, 0.25) is 0 Å². The van der Waals surface area contributed by atoms with Gasteiger partial charge >= 0.3 is 6.09 Å². The Bertz CT molecular complexity index is 170. The number of carbonyl (C=O) groups is 1. The fraction of sp³-hybridized carbons (Fsp3) is 0.571. The van der Waals surface area contributed by atoms with Crippen LogP contribution in [0.2, 0.25) is 0 Å². The van der Waals surface area contributed by atoms with Crippen molar-refractivity contribution in [3.8, 4) is 0 Å². The second-order valence-corrected chi connectivity index (χ2v) is 2.58. The predicted octanol–water partition coefficient (Wildman–Crippen LogP) is 0.472. The van der Waals surface area contributed by atoms with Crippen LogP contribution in [0.1, 0.15) is 6.42 Å². The van der Waals surface area contributed by atoms with Crippen LogP contribution in [-0.2, 0) is 0 Å². The highest BCUT2D eigenvalue weighted by Gasteiger charge is 2.24. The summed E-state index contributed by atoms with van der Waals surface area (Å²) in [6.07, 6.45) is 1.65. The van der Waals surface area contributed by atoms with Crippen molar-refractivity contribution >= 4 is 6.09 Å². The largest absolute Gasteiger partial charge is 0.465 e. The highest BCUT2D eigenvalue weighted by Crippen LogP contribution is 2.08. The third kappa shape index (κ3) is 1.86. The maximum atomic E-state index is 10.4. The Kier molecular flexibility index (Phi) is 2.36. The molecule has 0 aromatic carbocycles. The first-order chi connectivity index (χ1) is 5.24. The highest BCUT2D eigenvalue weighted by molar-refractivity contribution is 5.65. The number of likely N-dealkylation sites (tertiary alicyclic amines) is 1. The van der Waals surface area contributed by atoms with Gasteiger partial charge in [-0.3, -0.25) is 0 Å². The quantitative estimate of drug-likeness (QED) is 0.611. The van der Waals surface area contributed by atoms with E-state index in [9.17, 15) is 4.79 Å². The van der Waals surface area contributed by atoms with Gasteiger partial charge in [-0.05, 0) is 12.6 Å². The highest BCUT2D eigenvalue weighted by atomic mass is 16.4. The van der Waals surface area contributed by atoms with Gasteiger partial charge in [-0.2, -0.15) is 0 Å². The summed E-state index contributed by atoms with van der Waals surface area (Å²) < 4.78 is 0. The molecule has 0 aromatic rings. The first-order valence-electron chi connectivity index (χ1n) is 3.59. The molecule has 2 N–H and O–H groups in total. The lowest BCUT2D eigenvalue weighted by molar-refractivity contribution is 0.155. The summed E-state index contributed by atoms with van der Waals surface area (Å²) in [5, 5.41) is 11.6. The lowest BCUT2D eigenvalue weighted by Gasteiger charge is -2.11. The van der Waals surface area contributed by atoms with Gasteiger partial charge in [-0.15, -0.1) is 0 Å². The molecule has 0 aliphatic carbocycles. The van der Waals surface area contributed by atoms with Crippen LogP contribution in [0.5, 0.6) is 0 Å². The van der Waals surface area contributed by atoms with Gasteiger partial charge in [0.1, 0.15) is 0 Å². The Morgan fingerprint density at radius 3 is 3.00 bits per heavy atom. The van der Waals surface area contributed by atoms with Crippen molar-refractivity contribution in [2.24, 2.45) is 0 Å². The molecule has 62 valence electrons.